The highest BCUT2D eigenvalue weighted by Gasteiger charge is 2.17. The van der Waals surface area contributed by atoms with E-state index in [-0.39, 0.29) is 25.3 Å². The van der Waals surface area contributed by atoms with Crippen LogP contribution in [0, 0.1) is 0 Å². The van der Waals surface area contributed by atoms with Crippen LogP contribution in [0.15, 0.2) is 41.5 Å². The summed E-state index contributed by atoms with van der Waals surface area (Å²) in [7, 11) is -1.75. The third kappa shape index (κ3) is 4.02. The van der Waals surface area contributed by atoms with Gasteiger partial charge in [-0.2, -0.15) is 9.40 Å². The zero-order chi connectivity index (χ0) is 15.5. The molecule has 0 radical (unpaired) electrons. The minimum absolute atomic E-state index is 0.199. The summed E-state index contributed by atoms with van der Waals surface area (Å²) in [5, 5.41) is 3.92. The van der Waals surface area contributed by atoms with Gasteiger partial charge in [0.2, 0.25) is 10.0 Å². The molecule has 0 bridgehead atoms. The first-order chi connectivity index (χ1) is 9.88. The molecule has 0 aliphatic rings. The fourth-order valence-corrected chi connectivity index (χ4v) is 2.73. The summed E-state index contributed by atoms with van der Waals surface area (Å²) in [5.41, 5.74) is 0.638. The van der Waals surface area contributed by atoms with E-state index >= 15 is 0 Å². The lowest BCUT2D eigenvalue weighted by atomic mass is 10.2. The number of nitrogens with zero attached hydrogens (tertiary/aromatic N) is 4. The maximum absolute atomic E-state index is 11.9. The number of benzene rings is 1. The Bertz CT molecular complexity index is 749. The molecule has 0 amide bonds. The molecular formula is C13H18N4O3S. The molecule has 0 N–H and O–H groups in total. The Hall–Kier alpha value is -1.93. The Kier molecular flexibility index (Phi) is 4.59. The summed E-state index contributed by atoms with van der Waals surface area (Å²) in [6, 6.07) is 9.33. The van der Waals surface area contributed by atoms with Crippen molar-refractivity contribution in [2.45, 2.75) is 13.1 Å². The van der Waals surface area contributed by atoms with Crippen molar-refractivity contribution in [3.8, 4) is 0 Å². The number of aryl methyl sites for hydroxylation is 1. The fraction of sp³-hybridized carbons (Fsp3) is 0.385. The quantitative estimate of drug-likeness (QED) is 0.755. The van der Waals surface area contributed by atoms with E-state index in [1.54, 1.807) is 7.05 Å². The first-order valence-corrected chi connectivity index (χ1v) is 8.30. The molecule has 0 spiro atoms. The lowest BCUT2D eigenvalue weighted by Crippen LogP contribution is -2.35. The predicted octanol–water partition coefficient (Wildman–Crippen LogP) is 0.0436. The lowest BCUT2D eigenvalue weighted by molar-refractivity contribution is 0.377. The summed E-state index contributed by atoms with van der Waals surface area (Å²) in [6.07, 6.45) is 2.57. The smallest absolute Gasteiger partial charge is 0.285 e. The second-order valence-corrected chi connectivity index (χ2v) is 6.81. The molecule has 1 aromatic carbocycles. The van der Waals surface area contributed by atoms with E-state index in [0.717, 1.165) is 11.8 Å². The van der Waals surface area contributed by atoms with Crippen molar-refractivity contribution in [3.05, 3.63) is 52.7 Å². The van der Waals surface area contributed by atoms with E-state index in [2.05, 4.69) is 5.10 Å². The molecule has 1 heterocycles. The number of hydrogen-bond acceptors (Lipinski definition) is 4. The van der Waals surface area contributed by atoms with Crippen molar-refractivity contribution in [1.82, 2.24) is 18.7 Å². The molecule has 0 saturated heterocycles. The van der Waals surface area contributed by atoms with Crippen LogP contribution in [-0.2, 0) is 30.2 Å². The van der Waals surface area contributed by atoms with Gasteiger partial charge in [0.25, 0.3) is 0 Å². The third-order valence-electron chi connectivity index (χ3n) is 3.12. The maximum Gasteiger partial charge on any atom is 0.345 e. The molecule has 2 rings (SSSR count). The number of hydrogen-bond donors (Lipinski definition) is 0. The summed E-state index contributed by atoms with van der Waals surface area (Å²) < 4.78 is 27.7. The molecule has 114 valence electrons. The van der Waals surface area contributed by atoms with E-state index in [1.807, 2.05) is 30.3 Å². The van der Waals surface area contributed by atoms with Gasteiger partial charge in [0.15, 0.2) is 0 Å². The van der Waals surface area contributed by atoms with Crippen LogP contribution in [0.25, 0.3) is 0 Å². The molecule has 0 atom stereocenters. The summed E-state index contributed by atoms with van der Waals surface area (Å²) >= 11 is 0. The standard InChI is InChI=1S/C13H18N4O3S/c1-15-11-14-17(13(15)18)9-8-16(21(2,19)20)10-12-6-4-3-5-7-12/h3-7,11H,8-10H2,1-2H3. The fourth-order valence-electron chi connectivity index (χ4n) is 1.93. The van der Waals surface area contributed by atoms with Gasteiger partial charge in [-0.05, 0) is 5.56 Å². The van der Waals surface area contributed by atoms with Gasteiger partial charge < -0.3 is 0 Å². The van der Waals surface area contributed by atoms with Gasteiger partial charge in [-0.1, -0.05) is 30.3 Å². The Morgan fingerprint density at radius 2 is 1.90 bits per heavy atom. The van der Waals surface area contributed by atoms with Crippen LogP contribution < -0.4 is 5.69 Å². The zero-order valence-electron chi connectivity index (χ0n) is 12.0. The molecule has 2 aromatic rings. The van der Waals surface area contributed by atoms with Crippen molar-refractivity contribution in [1.29, 1.82) is 0 Å². The van der Waals surface area contributed by atoms with Gasteiger partial charge >= 0.3 is 5.69 Å². The monoisotopic (exact) mass is 310 g/mol. The van der Waals surface area contributed by atoms with Crippen LogP contribution in [0.1, 0.15) is 5.56 Å². The Labute approximate surface area is 123 Å². The zero-order valence-corrected chi connectivity index (χ0v) is 12.8. The molecule has 7 nitrogen and oxygen atoms in total. The average molecular weight is 310 g/mol. The minimum Gasteiger partial charge on any atom is -0.285 e. The lowest BCUT2D eigenvalue weighted by Gasteiger charge is -2.19. The SMILES string of the molecule is Cn1cnn(CCN(Cc2ccccc2)S(C)(=O)=O)c1=O. The van der Waals surface area contributed by atoms with Crippen molar-refractivity contribution in [2.75, 3.05) is 12.8 Å². The molecule has 8 heteroatoms. The molecular weight excluding hydrogens is 292 g/mol. The predicted molar refractivity (Wildman–Crippen MR) is 79.2 cm³/mol. The first kappa shape index (κ1) is 15.5. The van der Waals surface area contributed by atoms with Gasteiger partial charge in [0, 0.05) is 20.1 Å². The maximum atomic E-state index is 11.9. The van der Waals surface area contributed by atoms with Crippen molar-refractivity contribution >= 4 is 10.0 Å². The van der Waals surface area contributed by atoms with Gasteiger partial charge in [-0.15, -0.1) is 0 Å². The van der Waals surface area contributed by atoms with Crippen LogP contribution in [0.4, 0.5) is 0 Å². The summed E-state index contributed by atoms with van der Waals surface area (Å²) in [6.45, 7) is 0.700. The number of sulfonamides is 1. The molecule has 1 aromatic heterocycles. The molecule has 0 unspecified atom stereocenters. The number of rotatable bonds is 6. The van der Waals surface area contributed by atoms with E-state index in [9.17, 15) is 13.2 Å². The minimum atomic E-state index is -3.36. The highest BCUT2D eigenvalue weighted by atomic mass is 32.2. The third-order valence-corrected chi connectivity index (χ3v) is 4.37. The molecule has 0 aliphatic heterocycles. The average Bonchev–Trinajstić information content (AvgIpc) is 2.75. The largest absolute Gasteiger partial charge is 0.345 e. The summed E-state index contributed by atoms with van der Waals surface area (Å²) in [5.74, 6) is 0. The molecule has 0 aliphatic carbocycles. The highest BCUT2D eigenvalue weighted by molar-refractivity contribution is 7.88. The van der Waals surface area contributed by atoms with Crippen LogP contribution in [0.5, 0.6) is 0 Å². The molecule has 0 fully saturated rings. The van der Waals surface area contributed by atoms with Crippen LogP contribution in [-0.4, -0.2) is 39.9 Å². The van der Waals surface area contributed by atoms with Crippen molar-refractivity contribution < 1.29 is 8.42 Å². The van der Waals surface area contributed by atoms with E-state index in [0.29, 0.717) is 0 Å². The van der Waals surface area contributed by atoms with Crippen LogP contribution in [0.3, 0.4) is 0 Å². The Balaban J connectivity index is 2.11. The second kappa shape index (κ2) is 6.23. The Morgan fingerprint density at radius 1 is 1.24 bits per heavy atom. The van der Waals surface area contributed by atoms with Gasteiger partial charge in [-0.25, -0.2) is 17.9 Å². The van der Waals surface area contributed by atoms with E-state index < -0.39 is 10.0 Å². The summed E-state index contributed by atoms with van der Waals surface area (Å²) in [4.78, 5) is 11.7. The van der Waals surface area contributed by atoms with E-state index in [4.69, 9.17) is 0 Å². The second-order valence-electron chi connectivity index (χ2n) is 4.83. The first-order valence-electron chi connectivity index (χ1n) is 6.45. The van der Waals surface area contributed by atoms with E-state index in [1.165, 1.54) is 19.9 Å². The van der Waals surface area contributed by atoms with Crippen molar-refractivity contribution in [2.24, 2.45) is 7.05 Å². The van der Waals surface area contributed by atoms with Crippen molar-refractivity contribution in [3.63, 3.8) is 0 Å². The highest BCUT2D eigenvalue weighted by Crippen LogP contribution is 2.08. The molecule has 21 heavy (non-hydrogen) atoms. The van der Waals surface area contributed by atoms with Crippen LogP contribution >= 0.6 is 0 Å². The van der Waals surface area contributed by atoms with Gasteiger partial charge in [-0.3, -0.25) is 4.57 Å². The van der Waals surface area contributed by atoms with Gasteiger partial charge in [0.05, 0.1) is 12.8 Å². The van der Waals surface area contributed by atoms with Crippen LogP contribution in [0.2, 0.25) is 0 Å². The normalized spacial score (nSPS) is 12.0. The molecule has 0 saturated carbocycles. The number of aromatic nitrogens is 3. The topological polar surface area (TPSA) is 77.2 Å². The van der Waals surface area contributed by atoms with Gasteiger partial charge in [0.1, 0.15) is 6.33 Å². The Morgan fingerprint density at radius 3 is 2.43 bits per heavy atom.